The van der Waals surface area contributed by atoms with Crippen LogP contribution in [0.2, 0.25) is 0 Å². The summed E-state index contributed by atoms with van der Waals surface area (Å²) in [6, 6.07) is 9.38. The van der Waals surface area contributed by atoms with E-state index in [2.05, 4.69) is 15.6 Å². The average molecular weight is 1140 g/mol. The third kappa shape index (κ3) is 20.0. The Kier molecular flexibility index (Phi) is 24.1. The number of nitrogens with zero attached hydrogens (tertiary/aromatic N) is 4. The molecule has 1 N–H and O–H groups in total. The molecule has 3 heterocycles. The molecular formula is C52H65N5O24. The summed E-state index contributed by atoms with van der Waals surface area (Å²) in [5.74, 6) is -6.20. The van der Waals surface area contributed by atoms with Crippen LogP contribution >= 0.6 is 0 Å². The molecule has 29 nitrogen and oxygen atoms in total. The van der Waals surface area contributed by atoms with E-state index in [0.717, 1.165) is 54.0 Å². The number of non-ortho nitro benzene ring substituents is 1. The van der Waals surface area contributed by atoms with Crippen LogP contribution in [0.4, 0.5) is 5.69 Å². The summed E-state index contributed by atoms with van der Waals surface area (Å²) in [6.07, 6.45) is -15.0. The molecule has 2 fully saturated rings. The molecule has 0 spiro atoms. The largest absolute Gasteiger partial charge is 0.488 e. The SMILES string of the molecule is CC(=O)OC[C@H]1O[C@H](O[C@H]2[C@H](OC(C)=O)[C@@H](OC(C)=O)[C@H](OCc3cn(CCOCCNC(=O)CCC(=O)c4cc(C)c(OCc5ccc([N+](=O)[O-])cc5)c(C)c4)nn3)O[C@@H]2COC(C)=O)[C@H](OC(C)=O)[C@@H](OC(C)=O)[C@@H]1OC(C)=O. The number of Topliss-reactive ketones (excluding diaryl/α,β-unsaturated/α-hetero) is 1. The first kappa shape index (κ1) is 63.8. The van der Waals surface area contributed by atoms with E-state index < -0.39 is 121 Å². The van der Waals surface area contributed by atoms with Crippen LogP contribution in [-0.2, 0) is 115 Å². The van der Waals surface area contributed by atoms with Crippen LogP contribution in [0.1, 0.15) is 94.1 Å². The van der Waals surface area contributed by atoms with Crippen LogP contribution < -0.4 is 10.1 Å². The first-order chi connectivity index (χ1) is 38.4. The standard InChI is InChI=1S/C52H65N5O24/c1-27-20-37(21-28(2)44(27)72-23-36-10-12-39(13-11-36)57(67)68)40(65)14-15-43(66)53-16-18-69-19-17-56-22-38(54-55-56)24-73-51-49(77-34(8)63)48(76-33(7)62)46(42(79-51)26-71-30(4)59)81-52-50(78-35(9)64)47(75-32(6)61)45(74-31(5)60)41(80-52)25-70-29(3)58/h10-13,20-22,41-42,45-52H,14-19,23-26H2,1-9H3,(H,53,66)/t41-,42-,45-,46-,47+,48+,49-,50-,51-,52-/m1/s1. The van der Waals surface area contributed by atoms with Crippen molar-refractivity contribution in [1.82, 2.24) is 20.3 Å². The maximum absolute atomic E-state index is 13.0. The van der Waals surface area contributed by atoms with E-state index in [4.69, 9.17) is 61.6 Å². The van der Waals surface area contributed by atoms with Crippen molar-refractivity contribution < 1.29 is 110 Å². The molecule has 1 amide bonds. The monoisotopic (exact) mass is 1140 g/mol. The Morgan fingerprint density at radius 1 is 0.642 bits per heavy atom. The van der Waals surface area contributed by atoms with Crippen molar-refractivity contribution in [3.8, 4) is 5.75 Å². The van der Waals surface area contributed by atoms with Gasteiger partial charge in [-0.2, -0.15) is 0 Å². The fourth-order valence-corrected chi connectivity index (χ4v) is 8.48. The molecule has 2 saturated heterocycles. The van der Waals surface area contributed by atoms with Gasteiger partial charge in [0.1, 0.15) is 49.6 Å². The summed E-state index contributed by atoms with van der Waals surface area (Å²) >= 11 is 0. The van der Waals surface area contributed by atoms with E-state index in [1.54, 1.807) is 38.1 Å². The predicted molar refractivity (Wildman–Crippen MR) is 269 cm³/mol. The number of benzene rings is 2. The van der Waals surface area contributed by atoms with Gasteiger partial charge in [0.25, 0.3) is 5.69 Å². The number of nitro groups is 1. The van der Waals surface area contributed by atoms with Crippen LogP contribution in [0, 0.1) is 24.0 Å². The highest BCUT2D eigenvalue weighted by Gasteiger charge is 2.57. The minimum atomic E-state index is -1.87. The number of aromatic nitrogens is 3. The number of hydrogen-bond donors (Lipinski definition) is 1. The van der Waals surface area contributed by atoms with E-state index >= 15 is 0 Å². The van der Waals surface area contributed by atoms with Crippen molar-refractivity contribution >= 4 is 59.2 Å². The summed E-state index contributed by atoms with van der Waals surface area (Å²) in [5.41, 5.74) is 2.79. The van der Waals surface area contributed by atoms with Crippen molar-refractivity contribution in [2.24, 2.45) is 0 Å². The van der Waals surface area contributed by atoms with Crippen LogP contribution in [0.5, 0.6) is 5.75 Å². The molecular weight excluding hydrogens is 1080 g/mol. The normalized spacial score (nSPS) is 22.2. The molecule has 442 valence electrons. The third-order valence-corrected chi connectivity index (χ3v) is 11.8. The number of carbonyl (C=O) groups excluding carboxylic acids is 9. The zero-order chi connectivity index (χ0) is 59.5. The number of esters is 7. The highest BCUT2D eigenvalue weighted by atomic mass is 16.8. The molecule has 0 saturated carbocycles. The van der Waals surface area contributed by atoms with Crippen LogP contribution in [0.25, 0.3) is 0 Å². The van der Waals surface area contributed by atoms with E-state index in [9.17, 15) is 53.3 Å². The van der Waals surface area contributed by atoms with E-state index in [1.165, 1.54) is 23.0 Å². The number of ketones is 1. The molecule has 0 bridgehead atoms. The van der Waals surface area contributed by atoms with Crippen LogP contribution in [0.15, 0.2) is 42.6 Å². The van der Waals surface area contributed by atoms with Crippen molar-refractivity contribution in [3.63, 3.8) is 0 Å². The lowest BCUT2D eigenvalue weighted by atomic mass is 9.96. The molecule has 29 heteroatoms. The molecule has 2 aliphatic rings. The van der Waals surface area contributed by atoms with Gasteiger partial charge in [-0.3, -0.25) is 53.3 Å². The van der Waals surface area contributed by atoms with E-state index in [-0.39, 0.29) is 75.4 Å². The second kappa shape index (κ2) is 30.6. The molecule has 2 aromatic carbocycles. The lowest BCUT2D eigenvalue weighted by molar-refractivity contribution is -0.384. The van der Waals surface area contributed by atoms with Crippen molar-refractivity contribution in [1.29, 1.82) is 0 Å². The highest BCUT2D eigenvalue weighted by Crippen LogP contribution is 2.36. The minimum Gasteiger partial charge on any atom is -0.488 e. The summed E-state index contributed by atoms with van der Waals surface area (Å²) in [4.78, 5) is 123. The second-order valence-corrected chi connectivity index (χ2v) is 18.5. The van der Waals surface area contributed by atoms with Crippen molar-refractivity contribution in [2.45, 2.75) is 156 Å². The van der Waals surface area contributed by atoms with Crippen LogP contribution in [-0.4, -0.2) is 168 Å². The molecule has 0 aliphatic carbocycles. The molecule has 2 aliphatic heterocycles. The lowest BCUT2D eigenvalue weighted by Gasteiger charge is -2.48. The maximum Gasteiger partial charge on any atom is 0.303 e. The summed E-state index contributed by atoms with van der Waals surface area (Å²) in [6.45, 7) is 10.1. The topological polar surface area (TPSA) is 359 Å². The van der Waals surface area contributed by atoms with E-state index in [1.807, 2.05) is 0 Å². The number of rotatable bonds is 28. The van der Waals surface area contributed by atoms with Crippen molar-refractivity contribution in [3.05, 3.63) is 80.7 Å². The molecule has 81 heavy (non-hydrogen) atoms. The van der Waals surface area contributed by atoms with Gasteiger partial charge in [0.2, 0.25) is 5.91 Å². The van der Waals surface area contributed by atoms with Crippen LogP contribution in [0.3, 0.4) is 0 Å². The number of aryl methyl sites for hydroxylation is 2. The quantitative estimate of drug-likeness (QED) is 0.0272. The first-order valence-corrected chi connectivity index (χ1v) is 25.3. The molecule has 3 aromatic rings. The Morgan fingerprint density at radius 3 is 1.72 bits per heavy atom. The summed E-state index contributed by atoms with van der Waals surface area (Å²) < 4.78 is 76.0. The average Bonchev–Trinajstić information content (AvgIpc) is 3.96. The molecule has 0 unspecified atom stereocenters. The van der Waals surface area contributed by atoms with E-state index in [0.29, 0.717) is 22.4 Å². The Balaban J connectivity index is 1.18. The highest BCUT2D eigenvalue weighted by molar-refractivity contribution is 5.98. The zero-order valence-electron chi connectivity index (χ0n) is 46.0. The van der Waals surface area contributed by atoms with Crippen molar-refractivity contribution in [2.75, 3.05) is 33.0 Å². The lowest BCUT2D eigenvalue weighted by Crippen LogP contribution is -2.67. The van der Waals surface area contributed by atoms with Gasteiger partial charge in [0.15, 0.2) is 48.9 Å². The number of hydrogen-bond acceptors (Lipinski definition) is 26. The Hall–Kier alpha value is -7.99. The third-order valence-electron chi connectivity index (χ3n) is 11.8. The number of nitro benzene ring substituents is 1. The fourth-order valence-electron chi connectivity index (χ4n) is 8.48. The van der Waals surface area contributed by atoms with Gasteiger partial charge < -0.3 is 66.9 Å². The summed E-state index contributed by atoms with van der Waals surface area (Å²) in [7, 11) is 0. The van der Waals surface area contributed by atoms with Gasteiger partial charge in [0.05, 0.1) is 37.5 Å². The molecule has 10 atom stereocenters. The maximum atomic E-state index is 13.0. The Morgan fingerprint density at radius 2 is 1.16 bits per heavy atom. The number of amides is 1. The Bertz CT molecular complexity index is 2710. The molecule has 1 aromatic heterocycles. The van der Waals surface area contributed by atoms with Gasteiger partial charge in [-0.05, 0) is 54.8 Å². The number of ether oxygens (including phenoxy) is 13. The first-order valence-electron chi connectivity index (χ1n) is 25.3. The number of carbonyl (C=O) groups is 9. The van der Waals surface area contributed by atoms with Gasteiger partial charge >= 0.3 is 41.8 Å². The molecule has 0 radical (unpaired) electrons. The van der Waals surface area contributed by atoms with Gasteiger partial charge in [-0.15, -0.1) is 5.10 Å². The Labute approximate surface area is 463 Å². The predicted octanol–water partition coefficient (Wildman–Crippen LogP) is 2.31. The zero-order valence-corrected chi connectivity index (χ0v) is 46.0. The second-order valence-electron chi connectivity index (χ2n) is 18.5. The number of nitrogens with one attached hydrogen (secondary N) is 1. The van der Waals surface area contributed by atoms with Gasteiger partial charge in [-0.25, -0.2) is 4.68 Å². The fraction of sp³-hybridized carbons (Fsp3) is 0.558. The smallest absolute Gasteiger partial charge is 0.303 e. The van der Waals surface area contributed by atoms with Gasteiger partial charge in [0, 0.05) is 85.5 Å². The van der Waals surface area contributed by atoms with Gasteiger partial charge in [-0.1, -0.05) is 5.21 Å². The molecule has 5 rings (SSSR count). The summed E-state index contributed by atoms with van der Waals surface area (Å²) in [5, 5.41) is 21.8. The minimum absolute atomic E-state index is 0.0286.